The van der Waals surface area contributed by atoms with Gasteiger partial charge in [0.05, 0.1) is 0 Å². The second-order valence-electron chi connectivity index (χ2n) is 2.03. The van der Waals surface area contributed by atoms with Crippen molar-refractivity contribution in [1.82, 2.24) is 0 Å². The lowest BCUT2D eigenvalue weighted by atomic mass is 10.2. The molecule has 0 aliphatic carbocycles. The summed E-state index contributed by atoms with van der Waals surface area (Å²) in [7, 11) is 1.08. The van der Waals surface area contributed by atoms with E-state index < -0.39 is 23.4 Å². The number of alkyl halides is 3. The highest BCUT2D eigenvalue weighted by Gasteiger charge is 2.38. The quantitative estimate of drug-likeness (QED) is 0.391. The molecule has 3 nitrogen and oxygen atoms in total. The first-order valence-corrected chi connectivity index (χ1v) is 2.93. The molecule has 3 N–H and O–H groups in total. The van der Waals surface area contributed by atoms with Gasteiger partial charge in [0.15, 0.2) is 12.8 Å². The van der Waals surface area contributed by atoms with Crippen LogP contribution in [-0.4, -0.2) is 24.1 Å². The minimum Gasteiger partial charge on any atom is -0.566 e. The van der Waals surface area contributed by atoms with Crippen LogP contribution in [-0.2, 0) is 4.74 Å². The molecule has 0 aromatic carbocycles. The third-order valence-electron chi connectivity index (χ3n) is 1.20. The first-order chi connectivity index (χ1) is 5.30. The van der Waals surface area contributed by atoms with Crippen molar-refractivity contribution in [1.29, 1.82) is 5.41 Å². The fourth-order valence-electron chi connectivity index (χ4n) is 0.479. The molecule has 0 fully saturated rings. The number of hydrogen-bond acceptors (Lipinski definition) is 2. The van der Waals surface area contributed by atoms with Crippen molar-refractivity contribution in [3.8, 4) is 0 Å². The van der Waals surface area contributed by atoms with Gasteiger partial charge in [-0.15, -0.1) is 0 Å². The van der Waals surface area contributed by atoms with Crippen LogP contribution in [0.5, 0.6) is 0 Å². The molecule has 0 spiro atoms. The maximum Gasteiger partial charge on any atom is 0.456 e. The molecule has 0 heterocycles. The highest BCUT2D eigenvalue weighted by molar-refractivity contribution is 6.01. The Kier molecular flexibility index (Phi) is 3.12. The van der Waals surface area contributed by atoms with E-state index in [-0.39, 0.29) is 0 Å². The molecule has 0 bridgehead atoms. The second kappa shape index (κ2) is 3.46. The Bertz CT molecular complexity index is 219. The Balaban J connectivity index is 4.74. The molecule has 12 heavy (non-hydrogen) atoms. The third-order valence-corrected chi connectivity index (χ3v) is 1.20. The predicted molar refractivity (Wildman–Crippen MR) is 37.1 cm³/mol. The van der Waals surface area contributed by atoms with E-state index in [2.05, 4.69) is 4.74 Å². The number of rotatable bonds is 2. The van der Waals surface area contributed by atoms with Crippen molar-refractivity contribution >= 4 is 5.71 Å². The summed E-state index contributed by atoms with van der Waals surface area (Å²) < 4.78 is 39.6. The Labute approximate surface area is 67.0 Å². The van der Waals surface area contributed by atoms with Crippen molar-refractivity contribution < 1.29 is 23.0 Å². The van der Waals surface area contributed by atoms with Gasteiger partial charge in [-0.25, -0.2) is 0 Å². The summed E-state index contributed by atoms with van der Waals surface area (Å²) in [5, 5.41) is 13.5. The summed E-state index contributed by atoms with van der Waals surface area (Å²) in [5.74, 6) is -0.641. The SMILES string of the molecule is CO/C([OH2+])=C(\C)C(=N)C(F)(F)F. The average molecular weight is 184 g/mol. The molecule has 0 atom stereocenters. The van der Waals surface area contributed by atoms with Crippen LogP contribution >= 0.6 is 0 Å². The van der Waals surface area contributed by atoms with Gasteiger partial charge in [-0.2, -0.15) is 13.2 Å². The molecule has 0 aliphatic heterocycles. The number of allylic oxidation sites excluding steroid dienone is 1. The molecule has 0 saturated heterocycles. The van der Waals surface area contributed by atoms with E-state index in [0.717, 1.165) is 14.0 Å². The Morgan fingerprint density at radius 2 is 1.83 bits per heavy atom. The Morgan fingerprint density at radius 3 is 2.08 bits per heavy atom. The molecule has 0 aromatic heterocycles. The van der Waals surface area contributed by atoms with Crippen molar-refractivity contribution in [3.05, 3.63) is 11.5 Å². The van der Waals surface area contributed by atoms with Crippen molar-refractivity contribution in [2.45, 2.75) is 13.1 Å². The standard InChI is InChI=1S/C6H8F3NO2/c1-3(5(11)12-2)4(10)6(7,8)9/h10-11H,1-2H3/p+1/b5-3+,10-4?. The smallest absolute Gasteiger partial charge is 0.456 e. The number of halogens is 3. The minimum absolute atomic E-state index is 0.523. The van der Waals surface area contributed by atoms with E-state index in [9.17, 15) is 13.2 Å². The van der Waals surface area contributed by atoms with Crippen molar-refractivity contribution in [2.24, 2.45) is 0 Å². The molecule has 0 aromatic rings. The molecule has 6 heteroatoms. The van der Waals surface area contributed by atoms with Crippen molar-refractivity contribution in [3.63, 3.8) is 0 Å². The zero-order valence-corrected chi connectivity index (χ0v) is 6.54. The van der Waals surface area contributed by atoms with Crippen LogP contribution in [0.1, 0.15) is 6.92 Å². The van der Waals surface area contributed by atoms with E-state index in [1.54, 1.807) is 0 Å². The summed E-state index contributed by atoms with van der Waals surface area (Å²) in [6, 6.07) is 0. The van der Waals surface area contributed by atoms with Crippen molar-refractivity contribution in [2.75, 3.05) is 7.11 Å². The number of methoxy groups -OCH3 is 1. The van der Waals surface area contributed by atoms with Gasteiger partial charge in [0.1, 0.15) is 5.57 Å². The fourth-order valence-corrected chi connectivity index (χ4v) is 0.479. The van der Waals surface area contributed by atoms with Crippen LogP contribution in [0.3, 0.4) is 0 Å². The highest BCUT2D eigenvalue weighted by Crippen LogP contribution is 2.21. The Morgan fingerprint density at radius 1 is 1.42 bits per heavy atom. The van der Waals surface area contributed by atoms with Gasteiger partial charge in [-0.1, -0.05) is 0 Å². The third kappa shape index (κ3) is 2.44. The first kappa shape index (κ1) is 10.8. The van der Waals surface area contributed by atoms with Gasteiger partial charge in [0, 0.05) is 0 Å². The molecule has 0 amide bonds. The van der Waals surface area contributed by atoms with Crippen LogP contribution in [0.25, 0.3) is 0 Å². The number of nitrogens with one attached hydrogen (secondary N) is 1. The molecule has 0 unspecified atom stereocenters. The van der Waals surface area contributed by atoms with Gasteiger partial charge in [-0.3, -0.25) is 5.41 Å². The van der Waals surface area contributed by atoms with E-state index in [0.29, 0.717) is 0 Å². The maximum absolute atomic E-state index is 11.8. The second-order valence-corrected chi connectivity index (χ2v) is 2.03. The topological polar surface area (TPSA) is 56.0 Å². The lowest BCUT2D eigenvalue weighted by Gasteiger charge is -2.06. The summed E-state index contributed by atoms with van der Waals surface area (Å²) in [5.41, 5.74) is -2.07. The first-order valence-electron chi connectivity index (χ1n) is 2.93. The average Bonchev–Trinajstić information content (AvgIpc) is 1.98. The van der Waals surface area contributed by atoms with Gasteiger partial charge in [0.25, 0.3) is 0 Å². The van der Waals surface area contributed by atoms with Gasteiger partial charge in [0.2, 0.25) is 0 Å². The monoisotopic (exact) mass is 184 g/mol. The molecular weight excluding hydrogens is 175 g/mol. The molecule has 0 radical (unpaired) electrons. The zero-order valence-electron chi connectivity index (χ0n) is 6.54. The largest absolute Gasteiger partial charge is 0.566 e. The predicted octanol–water partition coefficient (Wildman–Crippen LogP) is 1.17. The van der Waals surface area contributed by atoms with Crippen LogP contribution in [0.2, 0.25) is 0 Å². The summed E-state index contributed by atoms with van der Waals surface area (Å²) >= 11 is 0. The van der Waals surface area contributed by atoms with Crippen LogP contribution in [0.15, 0.2) is 11.5 Å². The lowest BCUT2D eigenvalue weighted by Crippen LogP contribution is -2.23. The fraction of sp³-hybridized carbons (Fsp3) is 0.500. The highest BCUT2D eigenvalue weighted by atomic mass is 19.4. The molecule has 0 aliphatic rings. The van der Waals surface area contributed by atoms with E-state index in [1.807, 2.05) is 0 Å². The van der Waals surface area contributed by atoms with Crippen LogP contribution < -0.4 is 0 Å². The minimum atomic E-state index is -4.71. The van der Waals surface area contributed by atoms with Gasteiger partial charge in [-0.05, 0) is 6.92 Å². The van der Waals surface area contributed by atoms with E-state index in [1.165, 1.54) is 0 Å². The molecule has 0 rings (SSSR count). The summed E-state index contributed by atoms with van der Waals surface area (Å²) in [4.78, 5) is 0. The Hall–Kier alpha value is -1.20. The van der Waals surface area contributed by atoms with Crippen LogP contribution in [0, 0.1) is 5.41 Å². The summed E-state index contributed by atoms with van der Waals surface area (Å²) in [6.45, 7) is 1.02. The van der Waals surface area contributed by atoms with E-state index in [4.69, 9.17) is 10.5 Å². The number of ether oxygens (including phenoxy) is 1. The molecular formula is C6H9F3NO2+. The van der Waals surface area contributed by atoms with Gasteiger partial charge < -0.3 is 9.84 Å². The summed E-state index contributed by atoms with van der Waals surface area (Å²) in [6.07, 6.45) is -4.71. The van der Waals surface area contributed by atoms with Crippen LogP contribution in [0.4, 0.5) is 13.2 Å². The molecule has 70 valence electrons. The zero-order chi connectivity index (χ0) is 9.94. The van der Waals surface area contributed by atoms with E-state index >= 15 is 0 Å². The lowest BCUT2D eigenvalue weighted by molar-refractivity contribution is -0.0595. The normalized spacial score (nSPS) is 13.8. The van der Waals surface area contributed by atoms with Gasteiger partial charge >= 0.3 is 12.1 Å². The maximum atomic E-state index is 11.8. The molecule has 0 saturated carbocycles. The number of hydrogen-bond donors (Lipinski definition) is 1.